The number of benzene rings is 1. The van der Waals surface area contributed by atoms with Crippen LogP contribution in [0.25, 0.3) is 0 Å². The molecule has 126 valence electrons. The molecule has 0 bridgehead atoms. The molecule has 1 aromatic carbocycles. The number of alkyl halides is 3. The lowest BCUT2D eigenvalue weighted by Gasteiger charge is -2.37. The van der Waals surface area contributed by atoms with E-state index in [1.165, 1.54) is 18.6 Å². The maximum Gasteiger partial charge on any atom is 0.416 e. The Bertz CT molecular complexity index is 446. The van der Waals surface area contributed by atoms with Crippen LogP contribution >= 0.6 is 12.4 Å². The summed E-state index contributed by atoms with van der Waals surface area (Å²) in [6.45, 7) is 4.75. The van der Waals surface area contributed by atoms with Crippen molar-refractivity contribution >= 4 is 12.4 Å². The fourth-order valence-corrected chi connectivity index (χ4v) is 3.08. The molecule has 0 aliphatic carbocycles. The Kier molecular flexibility index (Phi) is 7.16. The molecule has 1 aromatic rings. The van der Waals surface area contributed by atoms with Crippen molar-refractivity contribution in [1.82, 2.24) is 4.90 Å². The molecule has 0 aromatic heterocycles. The highest BCUT2D eigenvalue weighted by atomic mass is 35.5. The molecule has 2 unspecified atom stereocenters. The van der Waals surface area contributed by atoms with Gasteiger partial charge in [-0.25, -0.2) is 0 Å². The summed E-state index contributed by atoms with van der Waals surface area (Å²) in [7, 11) is 0. The van der Waals surface area contributed by atoms with Gasteiger partial charge in [-0.2, -0.15) is 13.2 Å². The average molecular weight is 337 g/mol. The molecule has 6 heteroatoms. The van der Waals surface area contributed by atoms with Crippen LogP contribution in [0.4, 0.5) is 13.2 Å². The SMILES string of the molecule is CC(c1ccc(C(F)(F)F)cc1)N1CCCC(CCN)C1.Cl. The van der Waals surface area contributed by atoms with Gasteiger partial charge in [-0.05, 0) is 62.9 Å². The average Bonchev–Trinajstić information content (AvgIpc) is 2.46. The Morgan fingerprint density at radius 3 is 2.45 bits per heavy atom. The van der Waals surface area contributed by atoms with Crippen molar-refractivity contribution in [2.45, 2.75) is 38.4 Å². The first-order chi connectivity index (χ1) is 9.91. The molecule has 1 fully saturated rings. The summed E-state index contributed by atoms with van der Waals surface area (Å²) < 4.78 is 37.8. The van der Waals surface area contributed by atoms with Crippen molar-refractivity contribution in [3.05, 3.63) is 35.4 Å². The number of rotatable bonds is 4. The molecule has 1 aliphatic rings. The Hall–Kier alpha value is -0.780. The standard InChI is InChI=1S/C16H23F3N2.ClH/c1-12(21-10-2-3-13(11-21)8-9-20)14-4-6-15(7-5-14)16(17,18)19;/h4-7,12-13H,2-3,8-11,20H2,1H3;1H. The first kappa shape index (κ1) is 19.3. The molecule has 2 N–H and O–H groups in total. The van der Waals surface area contributed by atoms with Crippen LogP contribution in [0.1, 0.15) is 43.4 Å². The minimum atomic E-state index is -4.26. The lowest BCUT2D eigenvalue weighted by atomic mass is 9.92. The van der Waals surface area contributed by atoms with Gasteiger partial charge in [-0.1, -0.05) is 12.1 Å². The summed E-state index contributed by atoms with van der Waals surface area (Å²) in [5, 5.41) is 0. The monoisotopic (exact) mass is 336 g/mol. The third kappa shape index (κ3) is 4.86. The maximum atomic E-state index is 12.6. The van der Waals surface area contributed by atoms with Crippen LogP contribution < -0.4 is 5.73 Å². The molecule has 1 saturated heterocycles. The fourth-order valence-electron chi connectivity index (χ4n) is 3.08. The molecule has 2 atom stereocenters. The zero-order valence-corrected chi connectivity index (χ0v) is 13.6. The van der Waals surface area contributed by atoms with Crippen molar-refractivity contribution in [3.8, 4) is 0 Å². The molecular formula is C16H24ClF3N2. The van der Waals surface area contributed by atoms with E-state index in [4.69, 9.17) is 5.73 Å². The Balaban J connectivity index is 0.00000242. The Morgan fingerprint density at radius 1 is 1.27 bits per heavy atom. The summed E-state index contributed by atoms with van der Waals surface area (Å²) in [5.41, 5.74) is 5.98. The van der Waals surface area contributed by atoms with E-state index in [2.05, 4.69) is 11.8 Å². The topological polar surface area (TPSA) is 29.3 Å². The molecule has 0 saturated carbocycles. The van der Waals surface area contributed by atoms with Crippen molar-refractivity contribution in [3.63, 3.8) is 0 Å². The predicted octanol–water partition coefficient (Wildman–Crippen LogP) is 4.25. The number of piperidine rings is 1. The van der Waals surface area contributed by atoms with Crippen molar-refractivity contribution < 1.29 is 13.2 Å². The third-order valence-electron chi connectivity index (χ3n) is 4.39. The van der Waals surface area contributed by atoms with Gasteiger partial charge < -0.3 is 5.73 Å². The first-order valence-corrected chi connectivity index (χ1v) is 7.53. The molecular weight excluding hydrogens is 313 g/mol. The van der Waals surface area contributed by atoms with Crippen molar-refractivity contribution in [1.29, 1.82) is 0 Å². The molecule has 22 heavy (non-hydrogen) atoms. The number of nitrogens with zero attached hydrogens (tertiary/aromatic N) is 1. The fraction of sp³-hybridized carbons (Fsp3) is 0.625. The first-order valence-electron chi connectivity index (χ1n) is 7.53. The molecule has 1 heterocycles. The summed E-state index contributed by atoms with van der Waals surface area (Å²) in [6, 6.07) is 5.69. The van der Waals surface area contributed by atoms with Gasteiger partial charge in [0.1, 0.15) is 0 Å². The van der Waals surface area contributed by atoms with Crippen LogP contribution in [0.5, 0.6) is 0 Å². The number of hydrogen-bond donors (Lipinski definition) is 1. The molecule has 0 radical (unpaired) electrons. The third-order valence-corrected chi connectivity index (χ3v) is 4.39. The van der Waals surface area contributed by atoms with Crippen LogP contribution in [0, 0.1) is 5.92 Å². The van der Waals surface area contributed by atoms with Crippen molar-refractivity contribution in [2.24, 2.45) is 11.7 Å². The zero-order valence-electron chi connectivity index (χ0n) is 12.8. The maximum absolute atomic E-state index is 12.6. The summed E-state index contributed by atoms with van der Waals surface area (Å²) in [4.78, 5) is 2.35. The minimum absolute atomic E-state index is 0. The molecule has 0 spiro atoms. The summed E-state index contributed by atoms with van der Waals surface area (Å²) >= 11 is 0. The molecule has 1 aliphatic heterocycles. The van der Waals surface area contributed by atoms with E-state index in [9.17, 15) is 13.2 Å². The van der Waals surface area contributed by atoms with Crippen LogP contribution in [0.2, 0.25) is 0 Å². The quantitative estimate of drug-likeness (QED) is 0.890. The predicted molar refractivity (Wildman–Crippen MR) is 85.1 cm³/mol. The number of nitrogens with two attached hydrogens (primary N) is 1. The Morgan fingerprint density at radius 2 is 1.91 bits per heavy atom. The highest BCUT2D eigenvalue weighted by Gasteiger charge is 2.30. The van der Waals surface area contributed by atoms with E-state index < -0.39 is 11.7 Å². The van der Waals surface area contributed by atoms with Gasteiger partial charge in [0.05, 0.1) is 5.56 Å². The lowest BCUT2D eigenvalue weighted by molar-refractivity contribution is -0.137. The smallest absolute Gasteiger partial charge is 0.330 e. The van der Waals surface area contributed by atoms with Crippen LogP contribution in [0.3, 0.4) is 0 Å². The van der Waals surface area contributed by atoms with Gasteiger partial charge in [0.15, 0.2) is 0 Å². The van der Waals surface area contributed by atoms with E-state index in [0.717, 1.165) is 31.5 Å². The summed E-state index contributed by atoms with van der Waals surface area (Å²) in [6.07, 6.45) is -0.904. The normalized spacial score (nSPS) is 21.2. The van der Waals surface area contributed by atoms with Gasteiger partial charge in [-0.3, -0.25) is 4.90 Å². The van der Waals surface area contributed by atoms with Gasteiger partial charge in [0.2, 0.25) is 0 Å². The highest BCUT2D eigenvalue weighted by molar-refractivity contribution is 5.85. The number of hydrogen-bond acceptors (Lipinski definition) is 2. The van der Waals surface area contributed by atoms with E-state index in [1.807, 2.05) is 0 Å². The number of likely N-dealkylation sites (tertiary alicyclic amines) is 1. The van der Waals surface area contributed by atoms with Gasteiger partial charge in [0, 0.05) is 12.6 Å². The Labute approximate surface area is 136 Å². The van der Waals surface area contributed by atoms with E-state index >= 15 is 0 Å². The second-order valence-electron chi connectivity index (χ2n) is 5.88. The van der Waals surface area contributed by atoms with Gasteiger partial charge in [0.25, 0.3) is 0 Å². The minimum Gasteiger partial charge on any atom is -0.330 e. The highest BCUT2D eigenvalue weighted by Crippen LogP contribution is 2.32. The largest absolute Gasteiger partial charge is 0.416 e. The van der Waals surface area contributed by atoms with Gasteiger partial charge in [-0.15, -0.1) is 12.4 Å². The summed E-state index contributed by atoms with van der Waals surface area (Å²) in [5.74, 6) is 0.612. The van der Waals surface area contributed by atoms with E-state index in [0.29, 0.717) is 12.5 Å². The van der Waals surface area contributed by atoms with Crippen LogP contribution in [-0.2, 0) is 6.18 Å². The molecule has 2 nitrogen and oxygen atoms in total. The van der Waals surface area contributed by atoms with Crippen LogP contribution in [0.15, 0.2) is 24.3 Å². The second-order valence-corrected chi connectivity index (χ2v) is 5.88. The zero-order chi connectivity index (χ0) is 15.5. The van der Waals surface area contributed by atoms with E-state index in [-0.39, 0.29) is 18.4 Å². The molecule has 0 amide bonds. The lowest BCUT2D eigenvalue weighted by Crippen LogP contribution is -2.37. The number of halogens is 4. The van der Waals surface area contributed by atoms with Crippen LogP contribution in [-0.4, -0.2) is 24.5 Å². The van der Waals surface area contributed by atoms with E-state index in [1.54, 1.807) is 12.1 Å². The van der Waals surface area contributed by atoms with Gasteiger partial charge >= 0.3 is 6.18 Å². The second kappa shape index (κ2) is 8.18. The molecule has 2 rings (SSSR count). The van der Waals surface area contributed by atoms with Crippen molar-refractivity contribution in [2.75, 3.05) is 19.6 Å².